The standard InChI is InChI=1S/C8H20N2O10S4/c1-21(11,12)9-7(5-19-23(3,15)16)8(10-22(2,13)14)6-20-24(4,17)18/h7-10H,5-6H2,1-4H3. The Balaban J connectivity index is 5.57. The summed E-state index contributed by atoms with van der Waals surface area (Å²) in [5.74, 6) is 0. The van der Waals surface area contributed by atoms with E-state index in [4.69, 9.17) is 0 Å². The van der Waals surface area contributed by atoms with Crippen LogP contribution in [0.25, 0.3) is 0 Å². The molecule has 0 aromatic carbocycles. The minimum atomic E-state index is -3.97. The van der Waals surface area contributed by atoms with Crippen LogP contribution in [0.1, 0.15) is 0 Å². The maximum Gasteiger partial charge on any atom is 0.264 e. The molecule has 0 saturated carbocycles. The van der Waals surface area contributed by atoms with Gasteiger partial charge in [0.2, 0.25) is 20.0 Å². The molecule has 0 fully saturated rings. The van der Waals surface area contributed by atoms with Crippen LogP contribution in [0.3, 0.4) is 0 Å². The summed E-state index contributed by atoms with van der Waals surface area (Å²) in [5, 5.41) is 0. The Labute approximate surface area is 142 Å². The van der Waals surface area contributed by atoms with Gasteiger partial charge < -0.3 is 0 Å². The van der Waals surface area contributed by atoms with Crippen molar-refractivity contribution in [3.8, 4) is 0 Å². The minimum absolute atomic E-state index is 0.705. The highest BCUT2D eigenvalue weighted by Gasteiger charge is 2.30. The van der Waals surface area contributed by atoms with Crippen molar-refractivity contribution in [3.05, 3.63) is 0 Å². The molecule has 24 heavy (non-hydrogen) atoms. The van der Waals surface area contributed by atoms with Crippen LogP contribution in [-0.2, 0) is 48.6 Å². The first kappa shape index (κ1) is 23.6. The lowest BCUT2D eigenvalue weighted by Gasteiger charge is -2.26. The molecule has 0 aromatic heterocycles. The third-order valence-corrected chi connectivity index (χ3v) is 4.73. The van der Waals surface area contributed by atoms with Crippen LogP contribution < -0.4 is 9.44 Å². The normalized spacial score (nSPS) is 16.7. The lowest BCUT2D eigenvalue weighted by molar-refractivity contribution is 0.213. The zero-order valence-corrected chi connectivity index (χ0v) is 16.6. The Morgan fingerprint density at radius 2 is 0.875 bits per heavy atom. The van der Waals surface area contributed by atoms with Crippen LogP contribution in [0, 0.1) is 0 Å². The van der Waals surface area contributed by atoms with Gasteiger partial charge in [-0.3, -0.25) is 8.37 Å². The molecule has 2 N–H and O–H groups in total. The molecule has 0 rings (SSSR count). The van der Waals surface area contributed by atoms with Crippen molar-refractivity contribution in [1.82, 2.24) is 9.44 Å². The summed E-state index contributed by atoms with van der Waals surface area (Å²) in [6, 6.07) is -2.91. The highest BCUT2D eigenvalue weighted by atomic mass is 32.2. The average molecular weight is 433 g/mol. The lowest BCUT2D eigenvalue weighted by Crippen LogP contribution is -2.55. The van der Waals surface area contributed by atoms with E-state index in [1.165, 1.54) is 0 Å². The zero-order chi connectivity index (χ0) is 19.4. The molecule has 0 amide bonds. The van der Waals surface area contributed by atoms with E-state index in [9.17, 15) is 33.7 Å². The van der Waals surface area contributed by atoms with E-state index in [0.29, 0.717) is 12.5 Å². The smallest absolute Gasteiger partial charge is 0.264 e. The highest BCUT2D eigenvalue weighted by Crippen LogP contribution is 2.04. The third-order valence-electron chi connectivity index (χ3n) is 2.14. The molecular weight excluding hydrogens is 412 g/mol. The summed E-state index contributed by atoms with van der Waals surface area (Å²) in [4.78, 5) is 0. The molecule has 0 heterocycles. The van der Waals surface area contributed by atoms with Crippen LogP contribution in [0.15, 0.2) is 0 Å². The fraction of sp³-hybridized carbons (Fsp3) is 1.00. The van der Waals surface area contributed by atoms with Gasteiger partial charge in [0, 0.05) is 0 Å². The molecule has 0 radical (unpaired) electrons. The quantitative estimate of drug-likeness (QED) is 0.315. The van der Waals surface area contributed by atoms with E-state index in [1.54, 1.807) is 0 Å². The van der Waals surface area contributed by atoms with E-state index in [1.807, 2.05) is 9.44 Å². The van der Waals surface area contributed by atoms with Gasteiger partial charge in [0.15, 0.2) is 0 Å². The van der Waals surface area contributed by atoms with Crippen molar-refractivity contribution in [2.24, 2.45) is 0 Å². The van der Waals surface area contributed by atoms with Gasteiger partial charge in [-0.15, -0.1) is 0 Å². The third kappa shape index (κ3) is 14.0. The summed E-state index contributed by atoms with van der Waals surface area (Å²) >= 11 is 0. The molecule has 12 nitrogen and oxygen atoms in total. The second-order valence-electron chi connectivity index (χ2n) is 4.97. The first-order valence-electron chi connectivity index (χ1n) is 6.01. The molecule has 0 saturated heterocycles. The topological polar surface area (TPSA) is 179 Å². The fourth-order valence-electron chi connectivity index (χ4n) is 1.41. The second kappa shape index (κ2) is 8.35. The van der Waals surface area contributed by atoms with E-state index in [-0.39, 0.29) is 0 Å². The van der Waals surface area contributed by atoms with Crippen LogP contribution in [-0.4, -0.2) is 84.0 Å². The predicted octanol–water partition coefficient (Wildman–Crippen LogP) is -3.23. The van der Waals surface area contributed by atoms with Crippen molar-refractivity contribution >= 4 is 40.3 Å². The van der Waals surface area contributed by atoms with E-state index in [2.05, 4.69) is 8.37 Å². The van der Waals surface area contributed by atoms with Crippen LogP contribution in [0.4, 0.5) is 0 Å². The van der Waals surface area contributed by atoms with Gasteiger partial charge >= 0.3 is 0 Å². The number of hydrogen-bond acceptors (Lipinski definition) is 10. The molecular formula is C8H20N2O10S4. The maximum absolute atomic E-state index is 11.4. The van der Waals surface area contributed by atoms with Crippen molar-refractivity contribution < 1.29 is 42.0 Å². The van der Waals surface area contributed by atoms with Crippen molar-refractivity contribution in [2.75, 3.05) is 38.2 Å². The summed E-state index contributed by atoms with van der Waals surface area (Å²) in [7, 11) is -15.8. The van der Waals surface area contributed by atoms with Crippen molar-refractivity contribution in [2.45, 2.75) is 12.1 Å². The Kier molecular flexibility index (Phi) is 8.22. The number of rotatable bonds is 11. The number of nitrogens with one attached hydrogen (secondary N) is 2. The van der Waals surface area contributed by atoms with Crippen LogP contribution in [0.5, 0.6) is 0 Å². The maximum atomic E-state index is 11.4. The summed E-state index contributed by atoms with van der Waals surface area (Å²) in [6.45, 7) is -1.57. The van der Waals surface area contributed by atoms with E-state index < -0.39 is 65.6 Å². The van der Waals surface area contributed by atoms with Crippen molar-refractivity contribution in [1.29, 1.82) is 0 Å². The van der Waals surface area contributed by atoms with Crippen molar-refractivity contribution in [3.63, 3.8) is 0 Å². The Morgan fingerprint density at radius 1 is 0.625 bits per heavy atom. The molecule has 0 aliphatic heterocycles. The minimum Gasteiger partial charge on any atom is -0.269 e. The average Bonchev–Trinajstić information content (AvgIpc) is 2.25. The SMILES string of the molecule is CS(=O)(=O)NC(COS(C)(=O)=O)C(COS(C)(=O)=O)NS(C)(=O)=O. The molecule has 146 valence electrons. The summed E-state index contributed by atoms with van der Waals surface area (Å²) < 4.78 is 103. The van der Waals surface area contributed by atoms with Gasteiger partial charge in [-0.25, -0.2) is 26.3 Å². The molecule has 0 spiro atoms. The Hall–Kier alpha value is -0.360. The van der Waals surface area contributed by atoms with Crippen LogP contribution >= 0.6 is 0 Å². The second-order valence-corrected chi connectivity index (χ2v) is 11.8. The van der Waals surface area contributed by atoms with Gasteiger partial charge in [0.1, 0.15) is 0 Å². The zero-order valence-electron chi connectivity index (χ0n) is 13.3. The van der Waals surface area contributed by atoms with E-state index >= 15 is 0 Å². The van der Waals surface area contributed by atoms with Gasteiger partial charge in [0.25, 0.3) is 20.2 Å². The molecule has 2 atom stereocenters. The Bertz CT molecular complexity index is 755. The molecule has 2 unspecified atom stereocenters. The summed E-state index contributed by atoms with van der Waals surface area (Å²) in [5.41, 5.74) is 0. The Morgan fingerprint density at radius 3 is 1.04 bits per heavy atom. The van der Waals surface area contributed by atoms with Gasteiger partial charge in [-0.2, -0.15) is 16.8 Å². The van der Waals surface area contributed by atoms with Gasteiger partial charge in [-0.1, -0.05) is 0 Å². The molecule has 0 aliphatic rings. The fourth-order valence-corrected chi connectivity index (χ4v) is 3.76. The first-order chi connectivity index (χ1) is 10.4. The first-order valence-corrected chi connectivity index (χ1v) is 13.4. The molecule has 16 heteroatoms. The number of sulfonamides is 2. The molecule has 0 aromatic rings. The molecule has 0 bridgehead atoms. The largest absolute Gasteiger partial charge is 0.269 e. The number of hydrogen-bond donors (Lipinski definition) is 2. The van der Waals surface area contributed by atoms with E-state index in [0.717, 1.165) is 12.5 Å². The molecule has 0 aliphatic carbocycles. The van der Waals surface area contributed by atoms with Gasteiger partial charge in [-0.05, 0) is 0 Å². The monoisotopic (exact) mass is 432 g/mol. The highest BCUT2D eigenvalue weighted by molar-refractivity contribution is 7.89. The predicted molar refractivity (Wildman–Crippen MR) is 85.1 cm³/mol. The van der Waals surface area contributed by atoms with Gasteiger partial charge in [0.05, 0.1) is 50.3 Å². The van der Waals surface area contributed by atoms with Crippen LogP contribution in [0.2, 0.25) is 0 Å². The lowest BCUT2D eigenvalue weighted by atomic mass is 10.2. The summed E-state index contributed by atoms with van der Waals surface area (Å²) in [6.07, 6.45) is 2.90.